The third-order valence-corrected chi connectivity index (χ3v) is 3.57. The van der Waals surface area contributed by atoms with Crippen molar-refractivity contribution in [1.82, 2.24) is 0 Å². The minimum absolute atomic E-state index is 0.207. The van der Waals surface area contributed by atoms with Crippen LogP contribution in [-0.4, -0.2) is 12.4 Å². The Morgan fingerprint density at radius 3 is 2.52 bits per heavy atom. The van der Waals surface area contributed by atoms with E-state index in [0.29, 0.717) is 24.3 Å². The Morgan fingerprint density at radius 1 is 1.00 bits per heavy atom. The number of ether oxygens (including phenoxy) is 1. The van der Waals surface area contributed by atoms with E-state index < -0.39 is 11.6 Å². The van der Waals surface area contributed by atoms with Gasteiger partial charge in [0.15, 0.2) is 5.78 Å². The summed E-state index contributed by atoms with van der Waals surface area (Å²) in [7, 11) is 0. The van der Waals surface area contributed by atoms with Crippen LogP contribution < -0.4 is 4.74 Å². The van der Waals surface area contributed by atoms with E-state index in [1.165, 1.54) is 36.4 Å². The molecule has 21 heavy (non-hydrogen) atoms. The Bertz CT molecular complexity index is 678. The molecule has 0 spiro atoms. The summed E-state index contributed by atoms with van der Waals surface area (Å²) < 4.78 is 32.3. The average molecular weight is 288 g/mol. The maximum atomic E-state index is 13.8. The standard InChI is InChI=1S/C17H14F2O2/c18-13-6-4-11(5-7-13)16(20)15-10-14(19)9-12-3-1-2-8-21-17(12)15/h4-7,9-10H,1-3,8H2. The molecule has 4 heteroatoms. The van der Waals surface area contributed by atoms with E-state index in [2.05, 4.69) is 0 Å². The zero-order valence-electron chi connectivity index (χ0n) is 11.4. The summed E-state index contributed by atoms with van der Waals surface area (Å²) >= 11 is 0. The molecule has 2 aromatic carbocycles. The van der Waals surface area contributed by atoms with Gasteiger partial charge < -0.3 is 4.74 Å². The Kier molecular flexibility index (Phi) is 3.69. The number of halogens is 2. The third kappa shape index (κ3) is 2.79. The van der Waals surface area contributed by atoms with Crippen LogP contribution in [0, 0.1) is 11.6 Å². The van der Waals surface area contributed by atoms with Crippen LogP contribution in [0.1, 0.15) is 34.3 Å². The summed E-state index contributed by atoms with van der Waals surface area (Å²) in [5.74, 6) is -0.763. The van der Waals surface area contributed by atoms with Crippen LogP contribution in [0.15, 0.2) is 36.4 Å². The third-order valence-electron chi connectivity index (χ3n) is 3.57. The van der Waals surface area contributed by atoms with Gasteiger partial charge in [0.25, 0.3) is 0 Å². The van der Waals surface area contributed by atoms with Crippen molar-refractivity contribution in [2.45, 2.75) is 19.3 Å². The van der Waals surface area contributed by atoms with Crippen molar-refractivity contribution < 1.29 is 18.3 Å². The topological polar surface area (TPSA) is 26.3 Å². The summed E-state index contributed by atoms with van der Waals surface area (Å²) in [6.45, 7) is 0.516. The summed E-state index contributed by atoms with van der Waals surface area (Å²) in [5, 5.41) is 0. The van der Waals surface area contributed by atoms with E-state index in [0.717, 1.165) is 18.4 Å². The van der Waals surface area contributed by atoms with Gasteiger partial charge in [-0.1, -0.05) is 0 Å². The summed E-state index contributed by atoms with van der Waals surface area (Å²) in [4.78, 5) is 12.5. The molecule has 0 saturated heterocycles. The molecule has 0 N–H and O–H groups in total. The molecule has 0 aromatic heterocycles. The number of hydrogen-bond acceptors (Lipinski definition) is 2. The molecule has 108 valence electrons. The number of benzene rings is 2. The lowest BCUT2D eigenvalue weighted by Crippen LogP contribution is -2.08. The van der Waals surface area contributed by atoms with Gasteiger partial charge in [0, 0.05) is 5.56 Å². The quantitative estimate of drug-likeness (QED) is 0.783. The van der Waals surface area contributed by atoms with E-state index in [9.17, 15) is 13.6 Å². The van der Waals surface area contributed by atoms with Crippen LogP contribution in [0.3, 0.4) is 0 Å². The predicted octanol–water partition coefficient (Wildman–Crippen LogP) is 3.91. The van der Waals surface area contributed by atoms with E-state index in [1.54, 1.807) is 0 Å². The van der Waals surface area contributed by atoms with E-state index in [4.69, 9.17) is 4.74 Å². The van der Waals surface area contributed by atoms with Gasteiger partial charge in [-0.25, -0.2) is 8.78 Å². The van der Waals surface area contributed by atoms with Crippen LogP contribution in [0.5, 0.6) is 5.75 Å². The zero-order valence-corrected chi connectivity index (χ0v) is 11.4. The molecule has 3 rings (SSSR count). The fraction of sp³-hybridized carbons (Fsp3) is 0.235. The Balaban J connectivity index is 2.07. The predicted molar refractivity (Wildman–Crippen MR) is 74.7 cm³/mol. The number of aryl methyl sites for hydroxylation is 1. The van der Waals surface area contributed by atoms with Crippen molar-refractivity contribution in [2.75, 3.05) is 6.61 Å². The average Bonchev–Trinajstić information content (AvgIpc) is 2.71. The second-order valence-electron chi connectivity index (χ2n) is 5.08. The number of hydrogen-bond donors (Lipinski definition) is 0. The maximum Gasteiger partial charge on any atom is 0.196 e. The summed E-state index contributed by atoms with van der Waals surface area (Å²) in [6, 6.07) is 7.83. The first-order valence-electron chi connectivity index (χ1n) is 6.90. The second kappa shape index (κ2) is 5.64. The molecule has 0 radical (unpaired) electrons. The zero-order chi connectivity index (χ0) is 14.8. The summed E-state index contributed by atoms with van der Waals surface area (Å²) in [6.07, 6.45) is 2.47. The highest BCUT2D eigenvalue weighted by molar-refractivity contribution is 6.11. The van der Waals surface area contributed by atoms with Crippen LogP contribution >= 0.6 is 0 Å². The Hall–Kier alpha value is -2.23. The van der Waals surface area contributed by atoms with Crippen LogP contribution in [0.4, 0.5) is 8.78 Å². The molecule has 0 unspecified atom stereocenters. The summed E-state index contributed by atoms with van der Waals surface area (Å²) in [5.41, 5.74) is 1.24. The molecule has 1 heterocycles. The van der Waals surface area contributed by atoms with Gasteiger partial charge in [-0.05, 0) is 61.2 Å². The highest BCUT2D eigenvalue weighted by atomic mass is 19.1. The largest absolute Gasteiger partial charge is 0.493 e. The lowest BCUT2D eigenvalue weighted by atomic mass is 9.98. The smallest absolute Gasteiger partial charge is 0.196 e. The van der Waals surface area contributed by atoms with Gasteiger partial charge in [0.2, 0.25) is 0 Å². The van der Waals surface area contributed by atoms with Gasteiger partial charge in [-0.2, -0.15) is 0 Å². The highest BCUT2D eigenvalue weighted by Gasteiger charge is 2.21. The van der Waals surface area contributed by atoms with Crippen molar-refractivity contribution in [3.8, 4) is 5.75 Å². The molecule has 1 aliphatic heterocycles. The number of fused-ring (bicyclic) bond motifs is 1. The van der Waals surface area contributed by atoms with Gasteiger partial charge in [-0.15, -0.1) is 0 Å². The molecule has 0 fully saturated rings. The van der Waals surface area contributed by atoms with Crippen LogP contribution in [0.2, 0.25) is 0 Å². The van der Waals surface area contributed by atoms with E-state index in [1.807, 2.05) is 0 Å². The molecule has 2 aromatic rings. The molecule has 0 saturated carbocycles. The monoisotopic (exact) mass is 288 g/mol. The SMILES string of the molecule is O=C(c1ccc(F)cc1)c1cc(F)cc2c1OCCCC2. The normalized spacial score (nSPS) is 14.0. The van der Waals surface area contributed by atoms with Crippen LogP contribution in [-0.2, 0) is 6.42 Å². The Morgan fingerprint density at radius 2 is 1.76 bits per heavy atom. The van der Waals surface area contributed by atoms with E-state index in [-0.39, 0.29) is 11.3 Å². The van der Waals surface area contributed by atoms with Crippen molar-refractivity contribution >= 4 is 5.78 Å². The van der Waals surface area contributed by atoms with Gasteiger partial charge >= 0.3 is 0 Å². The molecule has 0 aliphatic carbocycles. The lowest BCUT2D eigenvalue weighted by Gasteiger charge is -2.12. The molecule has 1 aliphatic rings. The van der Waals surface area contributed by atoms with Crippen molar-refractivity contribution in [3.05, 3.63) is 64.7 Å². The molecule has 0 amide bonds. The van der Waals surface area contributed by atoms with Gasteiger partial charge in [0.05, 0.1) is 12.2 Å². The molecular weight excluding hydrogens is 274 g/mol. The fourth-order valence-electron chi connectivity index (χ4n) is 2.52. The van der Waals surface area contributed by atoms with Crippen molar-refractivity contribution in [3.63, 3.8) is 0 Å². The first kappa shape index (κ1) is 13.7. The highest BCUT2D eigenvalue weighted by Crippen LogP contribution is 2.31. The number of rotatable bonds is 2. The Labute approximate surface area is 121 Å². The minimum atomic E-state index is -0.454. The van der Waals surface area contributed by atoms with E-state index >= 15 is 0 Å². The second-order valence-corrected chi connectivity index (χ2v) is 5.08. The fourth-order valence-corrected chi connectivity index (χ4v) is 2.52. The first-order valence-corrected chi connectivity index (χ1v) is 6.90. The van der Waals surface area contributed by atoms with Gasteiger partial charge in [0.1, 0.15) is 17.4 Å². The number of carbonyl (C=O) groups is 1. The maximum absolute atomic E-state index is 13.8. The van der Waals surface area contributed by atoms with Crippen LogP contribution in [0.25, 0.3) is 0 Å². The molecule has 0 atom stereocenters. The minimum Gasteiger partial charge on any atom is -0.493 e. The number of ketones is 1. The lowest BCUT2D eigenvalue weighted by molar-refractivity contribution is 0.103. The molecular formula is C17H14F2O2. The van der Waals surface area contributed by atoms with Gasteiger partial charge in [-0.3, -0.25) is 4.79 Å². The molecule has 0 bridgehead atoms. The number of carbonyl (C=O) groups excluding carboxylic acids is 1. The first-order chi connectivity index (χ1) is 10.1. The van der Waals surface area contributed by atoms with Crippen molar-refractivity contribution in [1.29, 1.82) is 0 Å². The molecule has 2 nitrogen and oxygen atoms in total. The van der Waals surface area contributed by atoms with Crippen molar-refractivity contribution in [2.24, 2.45) is 0 Å².